The van der Waals surface area contributed by atoms with Crippen LogP contribution < -0.4 is 0 Å². The average molecular weight is 190 g/mol. The molecule has 0 unspecified atom stereocenters. The van der Waals surface area contributed by atoms with E-state index in [4.69, 9.17) is 0 Å². The highest BCUT2D eigenvalue weighted by Crippen LogP contribution is 2.10. The predicted octanol–water partition coefficient (Wildman–Crippen LogP) is 3.53. The van der Waals surface area contributed by atoms with Crippen molar-refractivity contribution in [3.63, 3.8) is 0 Å². The second-order valence-electron chi connectivity index (χ2n) is 2.55. The second kappa shape index (κ2) is 8.17. The summed E-state index contributed by atoms with van der Waals surface area (Å²) in [5.41, 5.74) is 1.76. The standard InChI is InChI=1S/C12H18N2/c1-5-9-11(13-7-3)12(10-6-2)14-8-4/h5-10H,1-4H3/b9-5-,10-6-,12-11-,13-7-,14-8-. The fraction of sp³-hybridized carbons (Fsp3) is 0.333. The highest BCUT2D eigenvalue weighted by Gasteiger charge is 1.95. The molecular weight excluding hydrogens is 172 g/mol. The monoisotopic (exact) mass is 190 g/mol. The van der Waals surface area contributed by atoms with Gasteiger partial charge in [-0.1, -0.05) is 12.2 Å². The second-order valence-corrected chi connectivity index (χ2v) is 2.55. The number of allylic oxidation sites excluding steroid dienone is 4. The lowest BCUT2D eigenvalue weighted by Crippen LogP contribution is -1.82. The van der Waals surface area contributed by atoms with Gasteiger partial charge in [0.25, 0.3) is 0 Å². The Bertz CT molecular complexity index is 233. The molecule has 0 saturated heterocycles. The third kappa shape index (κ3) is 4.55. The van der Waals surface area contributed by atoms with Gasteiger partial charge in [0.05, 0.1) is 11.4 Å². The average Bonchev–Trinajstić information content (AvgIpc) is 2.17. The van der Waals surface area contributed by atoms with E-state index >= 15 is 0 Å². The number of rotatable bonds is 4. The van der Waals surface area contributed by atoms with Crippen LogP contribution in [-0.4, -0.2) is 12.4 Å². The number of hydrogen-bond donors (Lipinski definition) is 0. The van der Waals surface area contributed by atoms with E-state index in [0.29, 0.717) is 0 Å². The first kappa shape index (κ1) is 12.6. The molecule has 0 rings (SSSR count). The van der Waals surface area contributed by atoms with Crippen molar-refractivity contribution in [1.82, 2.24) is 0 Å². The third-order valence-corrected chi connectivity index (χ3v) is 1.45. The molecule has 0 aromatic rings. The SMILES string of the molecule is C\C=C/C(/N=C\C)=C(\C=C/C)/N=C\C. The summed E-state index contributed by atoms with van der Waals surface area (Å²) in [5, 5.41) is 0. The first-order valence-corrected chi connectivity index (χ1v) is 4.77. The van der Waals surface area contributed by atoms with Gasteiger partial charge < -0.3 is 0 Å². The zero-order valence-electron chi connectivity index (χ0n) is 9.36. The van der Waals surface area contributed by atoms with Crippen LogP contribution >= 0.6 is 0 Å². The Morgan fingerprint density at radius 3 is 1.29 bits per heavy atom. The Morgan fingerprint density at radius 1 is 0.714 bits per heavy atom. The summed E-state index contributed by atoms with van der Waals surface area (Å²) in [7, 11) is 0. The van der Waals surface area contributed by atoms with Crippen molar-refractivity contribution < 1.29 is 0 Å². The van der Waals surface area contributed by atoms with Gasteiger partial charge in [0.1, 0.15) is 0 Å². The first-order valence-electron chi connectivity index (χ1n) is 4.77. The maximum atomic E-state index is 4.25. The molecule has 0 amide bonds. The molecule has 76 valence electrons. The fourth-order valence-electron chi connectivity index (χ4n) is 0.983. The molecule has 0 spiro atoms. The number of hydrogen-bond acceptors (Lipinski definition) is 2. The molecule has 0 saturated carbocycles. The normalized spacial score (nSPS) is 15.1. The summed E-state index contributed by atoms with van der Waals surface area (Å²) in [5.74, 6) is 0. The zero-order valence-corrected chi connectivity index (χ0v) is 9.36. The number of nitrogens with zero attached hydrogens (tertiary/aromatic N) is 2. The van der Waals surface area contributed by atoms with Gasteiger partial charge in [-0.25, -0.2) is 0 Å². The van der Waals surface area contributed by atoms with E-state index in [-0.39, 0.29) is 0 Å². The predicted molar refractivity (Wildman–Crippen MR) is 65.0 cm³/mol. The third-order valence-electron chi connectivity index (χ3n) is 1.45. The molecule has 14 heavy (non-hydrogen) atoms. The summed E-state index contributed by atoms with van der Waals surface area (Å²) >= 11 is 0. The van der Waals surface area contributed by atoms with Gasteiger partial charge in [-0.05, 0) is 39.8 Å². The van der Waals surface area contributed by atoms with Gasteiger partial charge >= 0.3 is 0 Å². The molecule has 0 bridgehead atoms. The minimum atomic E-state index is 0.881. The van der Waals surface area contributed by atoms with Crippen molar-refractivity contribution in [2.75, 3.05) is 0 Å². The fourth-order valence-corrected chi connectivity index (χ4v) is 0.983. The van der Waals surface area contributed by atoms with E-state index in [1.165, 1.54) is 0 Å². The summed E-state index contributed by atoms with van der Waals surface area (Å²) < 4.78 is 0. The molecule has 0 aromatic carbocycles. The molecule has 0 atom stereocenters. The lowest BCUT2D eigenvalue weighted by molar-refractivity contribution is 1.27. The molecule has 0 N–H and O–H groups in total. The van der Waals surface area contributed by atoms with Gasteiger partial charge in [0.15, 0.2) is 0 Å². The molecule has 0 aliphatic heterocycles. The first-order chi connectivity index (χ1) is 6.79. The van der Waals surface area contributed by atoms with Crippen molar-refractivity contribution in [2.45, 2.75) is 27.7 Å². The smallest absolute Gasteiger partial charge is 0.0878 e. The quantitative estimate of drug-likeness (QED) is 0.478. The maximum Gasteiger partial charge on any atom is 0.0878 e. The van der Waals surface area contributed by atoms with Crippen LogP contribution in [0, 0.1) is 0 Å². The lowest BCUT2D eigenvalue weighted by atomic mass is 10.3. The Kier molecular flexibility index (Phi) is 7.33. The van der Waals surface area contributed by atoms with E-state index in [2.05, 4.69) is 9.98 Å². The van der Waals surface area contributed by atoms with Gasteiger partial charge in [0, 0.05) is 12.4 Å². The maximum absolute atomic E-state index is 4.25. The Balaban J connectivity index is 5.23. The summed E-state index contributed by atoms with van der Waals surface area (Å²) in [4.78, 5) is 8.51. The van der Waals surface area contributed by atoms with E-state index in [1.807, 2.05) is 52.0 Å². The van der Waals surface area contributed by atoms with Crippen LogP contribution in [0.4, 0.5) is 0 Å². The lowest BCUT2D eigenvalue weighted by Gasteiger charge is -1.98. The molecule has 2 heteroatoms. The van der Waals surface area contributed by atoms with Gasteiger partial charge in [0.2, 0.25) is 0 Å². The molecule has 2 nitrogen and oxygen atoms in total. The molecule has 0 aliphatic carbocycles. The summed E-state index contributed by atoms with van der Waals surface area (Å²) in [6.07, 6.45) is 11.3. The van der Waals surface area contributed by atoms with E-state index < -0.39 is 0 Å². The van der Waals surface area contributed by atoms with Crippen molar-refractivity contribution in [2.24, 2.45) is 9.98 Å². The molecule has 0 heterocycles. The van der Waals surface area contributed by atoms with Gasteiger partial charge in [-0.15, -0.1) is 0 Å². The molecule has 0 aromatic heterocycles. The van der Waals surface area contributed by atoms with Crippen molar-refractivity contribution in [3.8, 4) is 0 Å². The van der Waals surface area contributed by atoms with Crippen LogP contribution in [0.2, 0.25) is 0 Å². The van der Waals surface area contributed by atoms with Crippen LogP contribution in [0.15, 0.2) is 45.7 Å². The molecule has 0 aliphatic rings. The highest BCUT2D eigenvalue weighted by atomic mass is 14.8. The minimum absolute atomic E-state index is 0.881. The molecular formula is C12H18N2. The van der Waals surface area contributed by atoms with E-state index in [0.717, 1.165) is 11.4 Å². The van der Waals surface area contributed by atoms with Crippen LogP contribution in [0.3, 0.4) is 0 Å². The Labute approximate surface area is 86.5 Å². The van der Waals surface area contributed by atoms with Crippen LogP contribution in [-0.2, 0) is 0 Å². The summed E-state index contributed by atoms with van der Waals surface area (Å²) in [6.45, 7) is 7.72. The zero-order chi connectivity index (χ0) is 10.8. The van der Waals surface area contributed by atoms with Crippen molar-refractivity contribution in [1.29, 1.82) is 0 Å². The van der Waals surface area contributed by atoms with Gasteiger partial charge in [-0.2, -0.15) is 0 Å². The van der Waals surface area contributed by atoms with E-state index in [9.17, 15) is 0 Å². The van der Waals surface area contributed by atoms with Crippen LogP contribution in [0.1, 0.15) is 27.7 Å². The van der Waals surface area contributed by atoms with Crippen molar-refractivity contribution in [3.05, 3.63) is 35.7 Å². The topological polar surface area (TPSA) is 24.7 Å². The van der Waals surface area contributed by atoms with Crippen molar-refractivity contribution >= 4 is 12.4 Å². The minimum Gasteiger partial charge on any atom is -0.259 e. The summed E-state index contributed by atoms with van der Waals surface area (Å²) in [6, 6.07) is 0. The Hall–Kier alpha value is -1.44. The van der Waals surface area contributed by atoms with Crippen LogP contribution in [0.5, 0.6) is 0 Å². The number of aliphatic imine (C=N–C) groups is 2. The molecule has 0 radical (unpaired) electrons. The van der Waals surface area contributed by atoms with E-state index in [1.54, 1.807) is 12.4 Å². The highest BCUT2D eigenvalue weighted by molar-refractivity contribution is 5.60. The van der Waals surface area contributed by atoms with Crippen LogP contribution in [0.25, 0.3) is 0 Å². The largest absolute Gasteiger partial charge is 0.259 e. The van der Waals surface area contributed by atoms with Gasteiger partial charge in [-0.3, -0.25) is 9.98 Å². The Morgan fingerprint density at radius 2 is 1.07 bits per heavy atom. The molecule has 0 fully saturated rings.